The Kier molecular flexibility index (Phi) is 11.7. The van der Waals surface area contributed by atoms with Crippen molar-refractivity contribution in [2.24, 2.45) is 0 Å². The lowest BCUT2D eigenvalue weighted by Gasteiger charge is -2.03. The smallest absolute Gasteiger partial charge is 0.185 e. The number of aliphatic hydroxyl groups excluding tert-OH is 3. The van der Waals surface area contributed by atoms with Crippen molar-refractivity contribution in [3.8, 4) is 0 Å². The highest BCUT2D eigenvalue weighted by Crippen LogP contribution is 2.16. The van der Waals surface area contributed by atoms with Crippen molar-refractivity contribution >= 4 is 6.29 Å². The predicted molar refractivity (Wildman–Crippen MR) is 53.7 cm³/mol. The standard InChI is InChI=1S/C8H6F2O2.CH3FO.CH4O/c9-5-1-2-7(10)6(3-5)8(12)4-11;2-1-3;1-2/h1-4,8,12H;3H,1H2;2H,1H3. The van der Waals surface area contributed by atoms with Crippen molar-refractivity contribution in [3.63, 3.8) is 0 Å². The first-order chi connectivity index (χ1) is 8.06. The largest absolute Gasteiger partial charge is 0.400 e. The van der Waals surface area contributed by atoms with Gasteiger partial charge in [0.05, 0.1) is 0 Å². The van der Waals surface area contributed by atoms with Gasteiger partial charge in [0, 0.05) is 12.7 Å². The number of benzene rings is 1. The molecule has 0 saturated heterocycles. The summed E-state index contributed by atoms with van der Waals surface area (Å²) < 4.78 is 35.0. The summed E-state index contributed by atoms with van der Waals surface area (Å²) in [6, 6.07) is 2.56. The van der Waals surface area contributed by atoms with E-state index in [0.29, 0.717) is 0 Å². The summed E-state index contributed by atoms with van der Waals surface area (Å²) in [4.78, 5) is 10.0. The molecular weight excluding hydrogens is 241 g/mol. The quantitative estimate of drug-likeness (QED) is 0.679. The summed E-state index contributed by atoms with van der Waals surface area (Å²) in [6.07, 6.45) is -1.46. The van der Waals surface area contributed by atoms with Crippen LogP contribution in [0.1, 0.15) is 11.7 Å². The number of carbonyl (C=O) groups is 1. The van der Waals surface area contributed by atoms with Gasteiger partial charge in [0.2, 0.25) is 0 Å². The number of rotatable bonds is 2. The second-order valence-corrected chi connectivity index (χ2v) is 2.37. The van der Waals surface area contributed by atoms with Crippen molar-refractivity contribution < 1.29 is 33.3 Å². The fourth-order valence-electron chi connectivity index (χ4n) is 0.815. The molecule has 1 atom stereocenters. The van der Waals surface area contributed by atoms with Gasteiger partial charge in [-0.05, 0) is 18.2 Å². The van der Waals surface area contributed by atoms with E-state index in [-0.39, 0.29) is 11.8 Å². The van der Waals surface area contributed by atoms with Gasteiger partial charge in [-0.2, -0.15) is 0 Å². The summed E-state index contributed by atoms with van der Waals surface area (Å²) in [7, 11) is 1.00. The molecule has 98 valence electrons. The summed E-state index contributed by atoms with van der Waals surface area (Å²) >= 11 is 0. The van der Waals surface area contributed by atoms with Gasteiger partial charge in [-0.15, -0.1) is 0 Å². The second-order valence-electron chi connectivity index (χ2n) is 2.37. The van der Waals surface area contributed by atoms with Crippen LogP contribution in [-0.2, 0) is 4.79 Å². The molecule has 17 heavy (non-hydrogen) atoms. The molecule has 3 N–H and O–H groups in total. The fraction of sp³-hybridized carbons (Fsp3) is 0.300. The lowest BCUT2D eigenvalue weighted by atomic mass is 10.1. The minimum absolute atomic E-state index is 0.137. The molecule has 0 saturated carbocycles. The average Bonchev–Trinajstić information content (AvgIpc) is 2.35. The third kappa shape index (κ3) is 7.45. The van der Waals surface area contributed by atoms with Gasteiger partial charge >= 0.3 is 0 Å². The van der Waals surface area contributed by atoms with Gasteiger partial charge < -0.3 is 20.1 Å². The molecule has 0 aromatic heterocycles. The Bertz CT molecular complexity index is 320. The van der Waals surface area contributed by atoms with E-state index in [1.165, 1.54) is 0 Å². The van der Waals surface area contributed by atoms with Gasteiger partial charge in [0.15, 0.2) is 13.1 Å². The Morgan fingerprint density at radius 2 is 1.82 bits per heavy atom. The van der Waals surface area contributed by atoms with Gasteiger partial charge in [-0.25, -0.2) is 13.2 Å². The van der Waals surface area contributed by atoms with E-state index in [0.717, 1.165) is 25.3 Å². The van der Waals surface area contributed by atoms with E-state index >= 15 is 0 Å². The molecule has 1 aromatic rings. The highest BCUT2D eigenvalue weighted by atomic mass is 19.1. The Labute approximate surface area is 95.9 Å². The van der Waals surface area contributed by atoms with Crippen molar-refractivity contribution in [2.75, 3.05) is 14.0 Å². The Morgan fingerprint density at radius 3 is 2.24 bits per heavy atom. The minimum Gasteiger partial charge on any atom is -0.400 e. The highest BCUT2D eigenvalue weighted by molar-refractivity contribution is 5.59. The van der Waals surface area contributed by atoms with Crippen LogP contribution < -0.4 is 0 Å². The number of halogens is 3. The van der Waals surface area contributed by atoms with Gasteiger partial charge in [-0.3, -0.25) is 0 Å². The molecule has 1 rings (SSSR count). The van der Waals surface area contributed by atoms with Crippen LogP contribution in [0.25, 0.3) is 0 Å². The normalized spacial score (nSPS) is 10.3. The molecule has 1 unspecified atom stereocenters. The van der Waals surface area contributed by atoms with Crippen LogP contribution in [0.5, 0.6) is 0 Å². The third-order valence-electron chi connectivity index (χ3n) is 1.41. The highest BCUT2D eigenvalue weighted by Gasteiger charge is 2.11. The number of hydrogen-bond donors (Lipinski definition) is 3. The molecular formula is C10H13F3O4. The van der Waals surface area contributed by atoms with Crippen molar-refractivity contribution in [1.82, 2.24) is 0 Å². The van der Waals surface area contributed by atoms with Crippen LogP contribution in [-0.4, -0.2) is 35.6 Å². The molecule has 0 fully saturated rings. The SMILES string of the molecule is CO.O=CC(O)c1cc(F)ccc1F.OCF. The van der Waals surface area contributed by atoms with Crippen LogP contribution in [0.15, 0.2) is 18.2 Å². The first kappa shape index (κ1) is 17.9. The van der Waals surface area contributed by atoms with E-state index in [1.807, 2.05) is 0 Å². The molecule has 0 radical (unpaired) electrons. The maximum atomic E-state index is 12.7. The first-order valence-electron chi connectivity index (χ1n) is 4.26. The first-order valence-corrected chi connectivity index (χ1v) is 4.26. The fourth-order valence-corrected chi connectivity index (χ4v) is 0.815. The predicted octanol–water partition coefficient (Wildman–Crippen LogP) is 0.711. The Balaban J connectivity index is 0. The van der Waals surface area contributed by atoms with E-state index in [2.05, 4.69) is 0 Å². The zero-order chi connectivity index (χ0) is 13.8. The molecule has 0 aliphatic carbocycles. The van der Waals surface area contributed by atoms with E-state index < -0.39 is 24.6 Å². The lowest BCUT2D eigenvalue weighted by Crippen LogP contribution is -2.01. The van der Waals surface area contributed by atoms with Gasteiger partial charge in [-0.1, -0.05) is 0 Å². The Morgan fingerprint density at radius 1 is 1.35 bits per heavy atom. The van der Waals surface area contributed by atoms with E-state index in [1.54, 1.807) is 0 Å². The molecule has 0 aliphatic rings. The summed E-state index contributed by atoms with van der Waals surface area (Å²) in [5, 5.41) is 22.8. The number of aliphatic hydroxyl groups is 3. The van der Waals surface area contributed by atoms with Crippen LogP contribution in [0.3, 0.4) is 0 Å². The monoisotopic (exact) mass is 254 g/mol. The van der Waals surface area contributed by atoms with Crippen LogP contribution in [0.4, 0.5) is 13.2 Å². The zero-order valence-electron chi connectivity index (χ0n) is 8.98. The van der Waals surface area contributed by atoms with E-state index in [4.69, 9.17) is 15.3 Å². The number of carbonyl (C=O) groups excluding carboxylic acids is 1. The second kappa shape index (κ2) is 11.1. The van der Waals surface area contributed by atoms with Crippen LogP contribution >= 0.6 is 0 Å². The van der Waals surface area contributed by atoms with Crippen LogP contribution in [0, 0.1) is 11.6 Å². The maximum Gasteiger partial charge on any atom is 0.185 e. The number of aldehydes is 1. The molecule has 7 heteroatoms. The third-order valence-corrected chi connectivity index (χ3v) is 1.41. The van der Waals surface area contributed by atoms with Gasteiger partial charge in [0.25, 0.3) is 0 Å². The van der Waals surface area contributed by atoms with Gasteiger partial charge in [0.1, 0.15) is 17.7 Å². The van der Waals surface area contributed by atoms with Crippen molar-refractivity contribution in [3.05, 3.63) is 35.4 Å². The maximum absolute atomic E-state index is 12.7. The molecule has 0 aliphatic heterocycles. The molecule has 0 bridgehead atoms. The molecule has 0 heterocycles. The number of hydrogen-bond acceptors (Lipinski definition) is 4. The van der Waals surface area contributed by atoms with Crippen molar-refractivity contribution in [1.29, 1.82) is 0 Å². The molecule has 0 spiro atoms. The van der Waals surface area contributed by atoms with E-state index in [9.17, 15) is 18.0 Å². The zero-order valence-corrected chi connectivity index (χ0v) is 8.98. The van der Waals surface area contributed by atoms with Crippen molar-refractivity contribution in [2.45, 2.75) is 6.10 Å². The lowest BCUT2D eigenvalue weighted by molar-refractivity contribution is -0.115. The number of alkyl halides is 1. The summed E-state index contributed by atoms with van der Waals surface area (Å²) in [5.41, 5.74) is -0.343. The topological polar surface area (TPSA) is 77.8 Å². The average molecular weight is 254 g/mol. The summed E-state index contributed by atoms with van der Waals surface area (Å²) in [6.45, 7) is -1.25. The van der Waals surface area contributed by atoms with Crippen LogP contribution in [0.2, 0.25) is 0 Å². The minimum atomic E-state index is -1.60. The molecule has 0 amide bonds. The molecule has 1 aromatic carbocycles. The molecule has 4 nitrogen and oxygen atoms in total. The summed E-state index contributed by atoms with van der Waals surface area (Å²) in [5.74, 6) is -1.48. The Hall–Kier alpha value is -1.44.